The molecule has 144 valence electrons. The van der Waals surface area contributed by atoms with Crippen LogP contribution in [0.3, 0.4) is 0 Å². The van der Waals surface area contributed by atoms with E-state index in [1.807, 2.05) is 36.4 Å². The summed E-state index contributed by atoms with van der Waals surface area (Å²) < 4.78 is 16.2. The minimum absolute atomic E-state index is 0.00733. The summed E-state index contributed by atoms with van der Waals surface area (Å²) in [7, 11) is 2.76. The van der Waals surface area contributed by atoms with E-state index >= 15 is 0 Å². The average molecular weight is 487 g/mol. The molecule has 0 atom stereocenters. The molecule has 0 unspecified atom stereocenters. The number of nitrogens with zero attached hydrogens (tertiary/aromatic N) is 3. The zero-order chi connectivity index (χ0) is 20.1. The van der Waals surface area contributed by atoms with Crippen LogP contribution in [0.4, 0.5) is 5.69 Å². The second kappa shape index (κ2) is 9.04. The molecule has 2 rings (SSSR count). The molecule has 10 heteroatoms. The van der Waals surface area contributed by atoms with Gasteiger partial charge in [-0.25, -0.2) is 0 Å². The molecule has 9 nitrogen and oxygen atoms in total. The van der Waals surface area contributed by atoms with Crippen molar-refractivity contribution in [2.45, 2.75) is 26.6 Å². The highest BCUT2D eigenvalue weighted by Gasteiger charge is 2.29. The van der Waals surface area contributed by atoms with E-state index in [2.05, 4.69) is 9.97 Å². The Labute approximate surface area is 169 Å². The molecule has 0 aliphatic rings. The van der Waals surface area contributed by atoms with Gasteiger partial charge in [-0.3, -0.25) is 14.9 Å². The number of benzene rings is 1. The fraction of sp³-hybridized carbons (Fsp3) is 0.353. The predicted octanol–water partition coefficient (Wildman–Crippen LogP) is 3.16. The van der Waals surface area contributed by atoms with E-state index in [1.165, 1.54) is 26.4 Å². The van der Waals surface area contributed by atoms with Gasteiger partial charge in [-0.05, 0) is 48.6 Å². The van der Waals surface area contributed by atoms with Crippen molar-refractivity contribution in [1.82, 2.24) is 9.97 Å². The van der Waals surface area contributed by atoms with Crippen LogP contribution < -0.4 is 9.47 Å². The number of aromatic nitrogens is 2. The fourth-order valence-electron chi connectivity index (χ4n) is 2.25. The molecular weight excluding hydrogens is 469 g/mol. The standard InChI is InChI=1S/C17H18IN3O6/c1-9(2)27-8-10-5-11(18)6-12(15(10)21(23)24)16(22)17-19-13(25-3)7-14(20-17)26-4/h5-7,9H,8H2,1-4H3. The molecule has 0 aliphatic heterocycles. The van der Waals surface area contributed by atoms with Gasteiger partial charge in [-0.1, -0.05) is 0 Å². The molecule has 0 N–H and O–H groups in total. The van der Waals surface area contributed by atoms with Gasteiger partial charge < -0.3 is 14.2 Å². The molecule has 0 saturated carbocycles. The lowest BCUT2D eigenvalue weighted by atomic mass is 10.0. The number of hydrogen-bond donors (Lipinski definition) is 0. The van der Waals surface area contributed by atoms with E-state index in [4.69, 9.17) is 14.2 Å². The number of carbonyl (C=O) groups is 1. The van der Waals surface area contributed by atoms with Crippen molar-refractivity contribution < 1.29 is 23.9 Å². The molecular formula is C17H18IN3O6. The van der Waals surface area contributed by atoms with Crippen molar-refractivity contribution in [2.75, 3.05) is 14.2 Å². The lowest BCUT2D eigenvalue weighted by molar-refractivity contribution is -0.386. The van der Waals surface area contributed by atoms with E-state index < -0.39 is 10.7 Å². The van der Waals surface area contributed by atoms with Crippen LogP contribution in [0.1, 0.15) is 35.6 Å². The third-order valence-electron chi connectivity index (χ3n) is 3.45. The van der Waals surface area contributed by atoms with Crippen LogP contribution in [-0.2, 0) is 11.3 Å². The highest BCUT2D eigenvalue weighted by atomic mass is 127. The SMILES string of the molecule is COc1cc(OC)nc(C(=O)c2cc(I)cc(COC(C)C)c2[N+](=O)[O-])n1. The maximum atomic E-state index is 13.0. The van der Waals surface area contributed by atoms with Gasteiger partial charge in [-0.15, -0.1) is 0 Å². The summed E-state index contributed by atoms with van der Waals surface area (Å²) in [5, 5.41) is 11.7. The highest BCUT2D eigenvalue weighted by Crippen LogP contribution is 2.30. The van der Waals surface area contributed by atoms with Crippen molar-refractivity contribution in [3.8, 4) is 11.8 Å². The Bertz CT molecular complexity index is 850. The molecule has 1 heterocycles. The number of hydrogen-bond acceptors (Lipinski definition) is 8. The van der Waals surface area contributed by atoms with Gasteiger partial charge in [0.25, 0.3) is 5.69 Å². The van der Waals surface area contributed by atoms with Gasteiger partial charge in [0.1, 0.15) is 5.56 Å². The van der Waals surface area contributed by atoms with E-state index in [1.54, 1.807) is 6.07 Å². The third kappa shape index (κ3) is 5.10. The Hall–Kier alpha value is -2.34. The molecule has 0 saturated heterocycles. The monoisotopic (exact) mass is 487 g/mol. The number of nitro benzene ring substituents is 1. The van der Waals surface area contributed by atoms with E-state index in [0.29, 0.717) is 9.13 Å². The topological polar surface area (TPSA) is 114 Å². The molecule has 0 bridgehead atoms. The number of halogens is 1. The Morgan fingerprint density at radius 1 is 1.19 bits per heavy atom. The first-order valence-corrected chi connectivity index (χ1v) is 8.94. The summed E-state index contributed by atoms with van der Waals surface area (Å²) in [4.78, 5) is 32.0. The first-order chi connectivity index (χ1) is 12.8. The summed E-state index contributed by atoms with van der Waals surface area (Å²) in [6.45, 7) is 3.65. The fourth-order valence-corrected chi connectivity index (χ4v) is 2.93. The Morgan fingerprint density at radius 2 is 1.78 bits per heavy atom. The summed E-state index contributed by atoms with van der Waals surface area (Å²) in [5.41, 5.74) is -0.144. The number of ether oxygens (including phenoxy) is 3. The molecule has 1 aromatic heterocycles. The van der Waals surface area contributed by atoms with Crippen molar-refractivity contribution in [1.29, 1.82) is 0 Å². The minimum atomic E-state index is -0.705. The number of nitro groups is 1. The summed E-state index contributed by atoms with van der Waals surface area (Å²) in [5.74, 6) is -0.737. The van der Waals surface area contributed by atoms with Gasteiger partial charge in [-0.2, -0.15) is 9.97 Å². The number of ketones is 1. The Morgan fingerprint density at radius 3 is 2.26 bits per heavy atom. The van der Waals surface area contributed by atoms with E-state index in [0.717, 1.165) is 0 Å². The van der Waals surface area contributed by atoms with Crippen LogP contribution >= 0.6 is 22.6 Å². The van der Waals surface area contributed by atoms with Crippen LogP contribution in [0.2, 0.25) is 0 Å². The largest absolute Gasteiger partial charge is 0.481 e. The number of methoxy groups -OCH3 is 2. The zero-order valence-corrected chi connectivity index (χ0v) is 17.3. The van der Waals surface area contributed by atoms with Crippen LogP contribution in [0.25, 0.3) is 0 Å². The molecule has 0 spiro atoms. The van der Waals surface area contributed by atoms with Gasteiger partial charge in [0.2, 0.25) is 23.4 Å². The molecule has 0 amide bonds. The molecule has 27 heavy (non-hydrogen) atoms. The average Bonchev–Trinajstić information content (AvgIpc) is 2.64. The van der Waals surface area contributed by atoms with E-state index in [-0.39, 0.29) is 41.5 Å². The molecule has 0 aliphatic carbocycles. The number of carbonyl (C=O) groups excluding carboxylic acids is 1. The van der Waals surface area contributed by atoms with Crippen LogP contribution in [0.5, 0.6) is 11.8 Å². The Balaban J connectivity index is 2.60. The van der Waals surface area contributed by atoms with Gasteiger partial charge >= 0.3 is 0 Å². The quantitative estimate of drug-likeness (QED) is 0.242. The third-order valence-corrected chi connectivity index (χ3v) is 4.08. The summed E-state index contributed by atoms with van der Waals surface area (Å²) >= 11 is 1.99. The summed E-state index contributed by atoms with van der Waals surface area (Å²) in [6.07, 6.45) is -0.118. The maximum absolute atomic E-state index is 13.0. The first kappa shape index (κ1) is 21.0. The lowest BCUT2D eigenvalue weighted by Gasteiger charge is -2.11. The van der Waals surface area contributed by atoms with Gasteiger partial charge in [0.05, 0.1) is 43.5 Å². The maximum Gasteiger partial charge on any atom is 0.286 e. The lowest BCUT2D eigenvalue weighted by Crippen LogP contribution is -2.14. The minimum Gasteiger partial charge on any atom is -0.481 e. The van der Waals surface area contributed by atoms with Crippen LogP contribution in [0.15, 0.2) is 18.2 Å². The molecule has 2 aromatic rings. The van der Waals surface area contributed by atoms with Gasteiger partial charge in [0, 0.05) is 3.57 Å². The van der Waals surface area contributed by atoms with Crippen molar-refractivity contribution in [3.63, 3.8) is 0 Å². The predicted molar refractivity (Wildman–Crippen MR) is 104 cm³/mol. The van der Waals surface area contributed by atoms with E-state index in [9.17, 15) is 14.9 Å². The molecule has 0 fully saturated rings. The first-order valence-electron chi connectivity index (χ1n) is 7.87. The Kier molecular flexibility index (Phi) is 7.02. The summed E-state index contributed by atoms with van der Waals surface area (Å²) in [6, 6.07) is 4.45. The van der Waals surface area contributed by atoms with Crippen molar-refractivity contribution >= 4 is 34.1 Å². The molecule has 0 radical (unpaired) electrons. The van der Waals surface area contributed by atoms with Crippen LogP contribution in [-0.4, -0.2) is 41.0 Å². The van der Waals surface area contributed by atoms with Crippen molar-refractivity contribution in [2.24, 2.45) is 0 Å². The molecule has 1 aromatic carbocycles. The van der Waals surface area contributed by atoms with Crippen molar-refractivity contribution in [3.05, 3.63) is 48.8 Å². The second-order valence-corrected chi connectivity index (χ2v) is 6.93. The van der Waals surface area contributed by atoms with Gasteiger partial charge in [0.15, 0.2) is 0 Å². The second-order valence-electron chi connectivity index (χ2n) is 5.68. The smallest absolute Gasteiger partial charge is 0.286 e. The highest BCUT2D eigenvalue weighted by molar-refractivity contribution is 14.1. The number of rotatable bonds is 8. The normalized spacial score (nSPS) is 10.7. The van der Waals surface area contributed by atoms with Crippen LogP contribution in [0, 0.1) is 13.7 Å². The zero-order valence-electron chi connectivity index (χ0n) is 15.2.